The number of aromatic nitrogens is 1. The lowest BCUT2D eigenvalue weighted by molar-refractivity contribution is -0.132. The third kappa shape index (κ3) is 4.43. The van der Waals surface area contributed by atoms with E-state index < -0.39 is 29.6 Å². The van der Waals surface area contributed by atoms with Gasteiger partial charge in [-0.3, -0.25) is 9.36 Å². The molecule has 0 aliphatic carbocycles. The third-order valence-electron chi connectivity index (χ3n) is 6.12. The van der Waals surface area contributed by atoms with Gasteiger partial charge in [-0.25, -0.2) is 9.18 Å². The number of nitrogens with one attached hydrogen (secondary N) is 2. The van der Waals surface area contributed by atoms with Crippen LogP contribution in [0.25, 0.3) is 33.2 Å². The van der Waals surface area contributed by atoms with Gasteiger partial charge in [-0.15, -0.1) is 0 Å². The number of rotatable bonds is 5. The molecule has 4 aromatic rings. The Bertz CT molecular complexity index is 1500. The molecule has 180 valence electrons. The number of amides is 1. The lowest BCUT2D eigenvalue weighted by Gasteiger charge is -2.17. The molecule has 0 spiro atoms. The molecule has 2 N–H and O–H groups in total. The van der Waals surface area contributed by atoms with Crippen LogP contribution in [-0.2, 0) is 23.0 Å². The predicted molar refractivity (Wildman–Crippen MR) is 125 cm³/mol. The first-order valence-electron chi connectivity index (χ1n) is 11.3. The van der Waals surface area contributed by atoms with E-state index in [0.29, 0.717) is 29.8 Å². The summed E-state index contributed by atoms with van der Waals surface area (Å²) in [5.74, 6) is -1.46. The number of benzene rings is 2. The molecular formula is C25H23FN4O5. The molecule has 1 amide bonds. The maximum Gasteiger partial charge on any atom is 0.419 e. The van der Waals surface area contributed by atoms with E-state index in [1.807, 2.05) is 12.1 Å². The van der Waals surface area contributed by atoms with Crippen LogP contribution in [0.4, 0.5) is 4.39 Å². The van der Waals surface area contributed by atoms with Crippen molar-refractivity contribution >= 4 is 28.0 Å². The van der Waals surface area contributed by atoms with Crippen LogP contribution in [0.2, 0.25) is 0 Å². The number of halogens is 1. The monoisotopic (exact) mass is 478 g/mol. The topological polar surface area (TPSA) is 122 Å². The highest BCUT2D eigenvalue weighted by Gasteiger charge is 2.25. The van der Waals surface area contributed by atoms with E-state index in [4.69, 9.17) is 13.6 Å². The summed E-state index contributed by atoms with van der Waals surface area (Å²) >= 11 is 0. The summed E-state index contributed by atoms with van der Waals surface area (Å²) in [5, 5.41) is 15.5. The molecule has 1 aliphatic heterocycles. The fourth-order valence-electron chi connectivity index (χ4n) is 4.20. The van der Waals surface area contributed by atoms with Gasteiger partial charge in [-0.05, 0) is 48.4 Å². The van der Waals surface area contributed by atoms with Crippen molar-refractivity contribution in [2.24, 2.45) is 7.05 Å². The highest BCUT2D eigenvalue weighted by Crippen LogP contribution is 2.31. The number of fused-ring (bicyclic) bond motifs is 2. The first-order valence-corrected chi connectivity index (χ1v) is 11.3. The van der Waals surface area contributed by atoms with E-state index in [0.717, 1.165) is 24.1 Å². The number of carbonyl (C=O) groups is 1. The summed E-state index contributed by atoms with van der Waals surface area (Å²) in [6, 6.07) is 11.4. The van der Waals surface area contributed by atoms with Crippen LogP contribution in [-0.4, -0.2) is 42.3 Å². The maximum atomic E-state index is 15.1. The fraction of sp³-hybridized carbons (Fsp3) is 0.320. The molecule has 9 nitrogen and oxygen atoms in total. The smallest absolute Gasteiger partial charge is 0.419 e. The standard InChI is InChI=1S/C25H23FN4O5/c1-30-18-9-14(4-6-19(18)35-25(30)32)15-3-5-17-20(10-15)34-21(23(17)26)11-16(12-27)29-24(31)22-13-28-7-2-8-33-22/h3-6,9-10,16,22,28H,2,7-8,11,13H2,1H3,(H,29,31). The van der Waals surface area contributed by atoms with Gasteiger partial charge in [0.15, 0.2) is 11.4 Å². The van der Waals surface area contributed by atoms with E-state index in [9.17, 15) is 14.9 Å². The molecule has 2 atom stereocenters. The quantitative estimate of drug-likeness (QED) is 0.452. The minimum atomic E-state index is -0.978. The average molecular weight is 478 g/mol. The molecule has 3 heterocycles. The molecule has 0 saturated carbocycles. The molecule has 1 aliphatic rings. The Morgan fingerprint density at radius 3 is 2.89 bits per heavy atom. The Balaban J connectivity index is 1.38. The number of carbonyl (C=O) groups excluding carboxylic acids is 1. The summed E-state index contributed by atoms with van der Waals surface area (Å²) in [7, 11) is 1.62. The Kier molecular flexibility index (Phi) is 6.11. The third-order valence-corrected chi connectivity index (χ3v) is 6.12. The van der Waals surface area contributed by atoms with Crippen LogP contribution < -0.4 is 16.4 Å². The summed E-state index contributed by atoms with van der Waals surface area (Å²) < 4.78 is 32.9. The Morgan fingerprint density at radius 2 is 2.06 bits per heavy atom. The number of nitriles is 1. The summed E-state index contributed by atoms with van der Waals surface area (Å²) in [5.41, 5.74) is 2.99. The number of hydrogen-bond donors (Lipinski definition) is 2. The van der Waals surface area contributed by atoms with Gasteiger partial charge in [0.05, 0.1) is 17.0 Å². The zero-order chi connectivity index (χ0) is 24.5. The first-order chi connectivity index (χ1) is 16.9. The Hall–Kier alpha value is -3.94. The largest absolute Gasteiger partial charge is 0.458 e. The number of oxazole rings is 1. The van der Waals surface area contributed by atoms with Gasteiger partial charge in [-0.1, -0.05) is 12.1 Å². The minimum Gasteiger partial charge on any atom is -0.458 e. The van der Waals surface area contributed by atoms with Gasteiger partial charge in [0.2, 0.25) is 0 Å². The molecule has 2 aromatic heterocycles. The predicted octanol–water partition coefficient (Wildman–Crippen LogP) is 2.61. The molecule has 10 heteroatoms. The van der Waals surface area contributed by atoms with Crippen LogP contribution in [0.3, 0.4) is 0 Å². The van der Waals surface area contributed by atoms with E-state index in [1.165, 1.54) is 4.57 Å². The van der Waals surface area contributed by atoms with Crippen molar-refractivity contribution in [1.82, 2.24) is 15.2 Å². The normalized spacial score (nSPS) is 17.2. The number of furan rings is 1. The molecule has 35 heavy (non-hydrogen) atoms. The van der Waals surface area contributed by atoms with E-state index in [1.54, 1.807) is 37.4 Å². The Labute approximate surface area is 199 Å². The maximum absolute atomic E-state index is 15.1. The highest BCUT2D eigenvalue weighted by atomic mass is 19.1. The van der Waals surface area contributed by atoms with Gasteiger partial charge in [0, 0.05) is 26.6 Å². The summed E-state index contributed by atoms with van der Waals surface area (Å²) in [6.45, 7) is 1.56. The van der Waals surface area contributed by atoms with E-state index in [-0.39, 0.29) is 17.6 Å². The molecule has 0 radical (unpaired) electrons. The van der Waals surface area contributed by atoms with Crippen molar-refractivity contribution in [3.8, 4) is 17.2 Å². The van der Waals surface area contributed by atoms with Crippen molar-refractivity contribution in [2.75, 3.05) is 19.7 Å². The van der Waals surface area contributed by atoms with Gasteiger partial charge < -0.3 is 24.2 Å². The first kappa shape index (κ1) is 22.8. The molecule has 1 fully saturated rings. The van der Waals surface area contributed by atoms with Crippen LogP contribution in [0.5, 0.6) is 0 Å². The lowest BCUT2D eigenvalue weighted by atomic mass is 10.0. The second kappa shape index (κ2) is 9.37. The van der Waals surface area contributed by atoms with Crippen molar-refractivity contribution in [3.63, 3.8) is 0 Å². The molecule has 5 rings (SSSR count). The van der Waals surface area contributed by atoms with Crippen molar-refractivity contribution in [2.45, 2.75) is 25.0 Å². The van der Waals surface area contributed by atoms with Crippen molar-refractivity contribution < 1.29 is 22.8 Å². The average Bonchev–Trinajstić information content (AvgIpc) is 3.17. The molecule has 2 unspecified atom stereocenters. The Morgan fingerprint density at radius 1 is 1.26 bits per heavy atom. The number of aryl methyl sites for hydroxylation is 1. The molecular weight excluding hydrogens is 455 g/mol. The lowest BCUT2D eigenvalue weighted by Crippen LogP contribution is -2.46. The number of hydrogen-bond acceptors (Lipinski definition) is 7. The SMILES string of the molecule is Cn1c(=O)oc2ccc(-c3ccc4c(F)c(CC(C#N)NC(=O)C5CNCCCO5)oc4c3)cc21. The summed E-state index contributed by atoms with van der Waals surface area (Å²) in [6.07, 6.45) is -0.0315. The van der Waals surface area contributed by atoms with Crippen LogP contribution in [0.15, 0.2) is 50.0 Å². The van der Waals surface area contributed by atoms with Crippen molar-refractivity contribution in [1.29, 1.82) is 5.26 Å². The van der Waals surface area contributed by atoms with Crippen LogP contribution in [0, 0.1) is 17.1 Å². The zero-order valence-electron chi connectivity index (χ0n) is 19.0. The minimum absolute atomic E-state index is 0.0170. The number of nitrogens with zero attached hydrogens (tertiary/aromatic N) is 2. The van der Waals surface area contributed by atoms with Gasteiger partial charge in [0.1, 0.15) is 23.5 Å². The van der Waals surface area contributed by atoms with E-state index >= 15 is 4.39 Å². The van der Waals surface area contributed by atoms with Crippen molar-refractivity contribution in [3.05, 3.63) is 58.5 Å². The van der Waals surface area contributed by atoms with Gasteiger partial charge in [-0.2, -0.15) is 5.26 Å². The highest BCUT2D eigenvalue weighted by molar-refractivity contribution is 5.87. The zero-order valence-corrected chi connectivity index (χ0v) is 19.0. The van der Waals surface area contributed by atoms with Gasteiger partial charge in [0.25, 0.3) is 5.91 Å². The number of ether oxygens (including phenoxy) is 1. The molecule has 0 bridgehead atoms. The molecule has 1 saturated heterocycles. The fourth-order valence-corrected chi connectivity index (χ4v) is 4.20. The van der Waals surface area contributed by atoms with Gasteiger partial charge >= 0.3 is 5.76 Å². The van der Waals surface area contributed by atoms with E-state index in [2.05, 4.69) is 10.6 Å². The molecule has 2 aromatic carbocycles. The second-order valence-corrected chi connectivity index (χ2v) is 8.47. The van der Waals surface area contributed by atoms with Crippen LogP contribution >= 0.6 is 0 Å². The van der Waals surface area contributed by atoms with Crippen LogP contribution in [0.1, 0.15) is 12.2 Å². The second-order valence-electron chi connectivity index (χ2n) is 8.47. The summed E-state index contributed by atoms with van der Waals surface area (Å²) in [4.78, 5) is 24.3.